The molecule has 174 valence electrons. The molecule has 0 unspecified atom stereocenters. The van der Waals surface area contributed by atoms with Gasteiger partial charge in [-0.25, -0.2) is 9.48 Å². The second kappa shape index (κ2) is 10.4. The minimum absolute atomic E-state index is 0.108. The molecule has 0 spiro atoms. The number of anilines is 1. The van der Waals surface area contributed by atoms with Gasteiger partial charge in [0, 0.05) is 17.7 Å². The van der Waals surface area contributed by atoms with E-state index in [0.29, 0.717) is 28.6 Å². The molecule has 0 atom stereocenters. The molecular weight excluding hydrogens is 430 g/mol. The molecule has 0 aliphatic heterocycles. The lowest BCUT2D eigenvalue weighted by Crippen LogP contribution is -2.16. The number of ether oxygens (including phenoxy) is 4. The van der Waals surface area contributed by atoms with Crippen molar-refractivity contribution in [2.45, 2.75) is 26.5 Å². The smallest absolute Gasteiger partial charge is 0.340 e. The number of hydrogen-bond acceptors (Lipinski definition) is 9. The first-order chi connectivity index (χ1) is 15.9. The van der Waals surface area contributed by atoms with Crippen LogP contribution in [0.5, 0.6) is 17.2 Å². The van der Waals surface area contributed by atoms with Crippen LogP contribution in [-0.4, -0.2) is 53.4 Å². The average Bonchev–Trinajstić information content (AvgIpc) is 3.31. The second-order valence-electron chi connectivity index (χ2n) is 7.14. The highest BCUT2D eigenvalue weighted by atomic mass is 16.5. The number of rotatable bonds is 9. The van der Waals surface area contributed by atoms with Crippen molar-refractivity contribution in [1.82, 2.24) is 20.2 Å². The zero-order valence-corrected chi connectivity index (χ0v) is 19.0. The Labute approximate surface area is 190 Å². The van der Waals surface area contributed by atoms with Crippen LogP contribution in [0, 0.1) is 0 Å². The Kier molecular flexibility index (Phi) is 7.44. The molecule has 3 aromatic rings. The molecule has 1 heterocycles. The van der Waals surface area contributed by atoms with E-state index < -0.39 is 11.9 Å². The number of nitrogens with zero attached hydrogens (tertiary/aromatic N) is 4. The number of carbonyl (C=O) groups excluding carboxylic acids is 2. The number of aromatic nitrogens is 4. The van der Waals surface area contributed by atoms with Crippen LogP contribution in [0.3, 0.4) is 0 Å². The lowest BCUT2D eigenvalue weighted by Gasteiger charge is -2.15. The Morgan fingerprint density at radius 3 is 2.30 bits per heavy atom. The molecule has 0 radical (unpaired) electrons. The maximum absolute atomic E-state index is 12.8. The zero-order valence-electron chi connectivity index (χ0n) is 19.0. The Bertz CT molecular complexity index is 1130. The van der Waals surface area contributed by atoms with Gasteiger partial charge >= 0.3 is 5.97 Å². The zero-order chi connectivity index (χ0) is 24.0. The van der Waals surface area contributed by atoms with Crippen LogP contribution >= 0.6 is 0 Å². The molecule has 0 fully saturated rings. The van der Waals surface area contributed by atoms with Crippen molar-refractivity contribution in [3.05, 3.63) is 53.3 Å². The largest absolute Gasteiger partial charge is 0.493 e. The Morgan fingerprint density at radius 2 is 1.70 bits per heavy atom. The van der Waals surface area contributed by atoms with Crippen molar-refractivity contribution < 1.29 is 28.5 Å². The van der Waals surface area contributed by atoms with Crippen molar-refractivity contribution in [1.29, 1.82) is 0 Å². The molecule has 0 saturated carbocycles. The number of hydrogen-bond donors (Lipinski definition) is 1. The first-order valence-corrected chi connectivity index (χ1v) is 10.0. The van der Waals surface area contributed by atoms with Gasteiger partial charge in [-0.15, -0.1) is 5.10 Å². The van der Waals surface area contributed by atoms with Gasteiger partial charge in [0.15, 0.2) is 17.3 Å². The third-order valence-corrected chi connectivity index (χ3v) is 4.71. The van der Waals surface area contributed by atoms with Gasteiger partial charge < -0.3 is 24.3 Å². The highest BCUT2D eigenvalue weighted by Crippen LogP contribution is 2.34. The van der Waals surface area contributed by atoms with Crippen LogP contribution < -0.4 is 19.5 Å². The van der Waals surface area contributed by atoms with Gasteiger partial charge in [-0.05, 0) is 48.5 Å². The number of carbonyl (C=O) groups is 2. The molecule has 11 nitrogen and oxygen atoms in total. The normalized spacial score (nSPS) is 10.6. The molecule has 0 aliphatic carbocycles. The van der Waals surface area contributed by atoms with Crippen molar-refractivity contribution in [2.75, 3.05) is 26.6 Å². The summed E-state index contributed by atoms with van der Waals surface area (Å²) in [6.07, 6.45) is 0. The van der Waals surface area contributed by atoms with Gasteiger partial charge in [0.2, 0.25) is 0 Å². The molecule has 0 saturated heterocycles. The third kappa shape index (κ3) is 5.37. The number of tetrazole rings is 1. The van der Waals surface area contributed by atoms with Gasteiger partial charge in [-0.2, -0.15) is 0 Å². The van der Waals surface area contributed by atoms with Crippen LogP contribution in [0.1, 0.15) is 46.4 Å². The summed E-state index contributed by atoms with van der Waals surface area (Å²) in [5.74, 6) is 0.775. The molecule has 1 amide bonds. The fourth-order valence-electron chi connectivity index (χ4n) is 3.01. The molecule has 0 aliphatic rings. The molecular formula is C22H25N5O6. The average molecular weight is 455 g/mol. The van der Waals surface area contributed by atoms with Crippen molar-refractivity contribution in [2.24, 2.45) is 0 Å². The van der Waals surface area contributed by atoms with Gasteiger partial charge in [0.1, 0.15) is 12.4 Å². The molecule has 11 heteroatoms. The predicted molar refractivity (Wildman–Crippen MR) is 118 cm³/mol. The van der Waals surface area contributed by atoms with Crippen LogP contribution in [0.4, 0.5) is 5.69 Å². The first-order valence-electron chi connectivity index (χ1n) is 10.0. The maximum atomic E-state index is 12.8. The number of methoxy groups -OCH3 is 3. The van der Waals surface area contributed by atoms with E-state index in [9.17, 15) is 9.59 Å². The highest BCUT2D eigenvalue weighted by molar-refractivity contribution is 6.08. The molecule has 1 aromatic heterocycles. The molecule has 3 rings (SSSR count). The Hall–Kier alpha value is -4.15. The van der Waals surface area contributed by atoms with E-state index >= 15 is 0 Å². The summed E-state index contributed by atoms with van der Waals surface area (Å²) in [5, 5.41) is 14.3. The van der Waals surface area contributed by atoms with Crippen molar-refractivity contribution >= 4 is 17.6 Å². The number of nitrogens with one attached hydrogen (secondary N) is 1. The monoisotopic (exact) mass is 455 g/mol. The quantitative estimate of drug-likeness (QED) is 0.485. The van der Waals surface area contributed by atoms with Crippen LogP contribution in [0.2, 0.25) is 0 Å². The van der Waals surface area contributed by atoms with E-state index in [-0.39, 0.29) is 23.9 Å². The minimum atomic E-state index is -0.626. The van der Waals surface area contributed by atoms with E-state index in [1.54, 1.807) is 28.9 Å². The van der Waals surface area contributed by atoms with Gasteiger partial charge in [-0.1, -0.05) is 0 Å². The van der Waals surface area contributed by atoms with E-state index in [0.717, 1.165) is 0 Å². The van der Waals surface area contributed by atoms with Crippen LogP contribution in [0.15, 0.2) is 36.4 Å². The summed E-state index contributed by atoms with van der Waals surface area (Å²) < 4.78 is 22.7. The standard InChI is InChI=1S/C22H25N5O6/c1-13(2)27-20(24-25-26-27)12-33-15-8-6-14(7-9-15)21(28)23-17-11-19(31-4)18(30-3)10-16(17)22(29)32-5/h6-11,13H,12H2,1-5H3,(H,23,28). The lowest BCUT2D eigenvalue weighted by atomic mass is 10.1. The summed E-state index contributed by atoms with van der Waals surface area (Å²) in [5.41, 5.74) is 0.719. The number of esters is 1. The topological polar surface area (TPSA) is 127 Å². The van der Waals surface area contributed by atoms with Gasteiger partial charge in [-0.3, -0.25) is 4.79 Å². The summed E-state index contributed by atoms with van der Waals surface area (Å²) >= 11 is 0. The third-order valence-electron chi connectivity index (χ3n) is 4.71. The molecule has 2 aromatic carbocycles. The highest BCUT2D eigenvalue weighted by Gasteiger charge is 2.20. The summed E-state index contributed by atoms with van der Waals surface area (Å²) in [7, 11) is 4.16. The minimum Gasteiger partial charge on any atom is -0.493 e. The SMILES string of the molecule is COC(=O)c1cc(OC)c(OC)cc1NC(=O)c1ccc(OCc2nnnn2C(C)C)cc1. The summed E-state index contributed by atoms with van der Waals surface area (Å²) in [4.78, 5) is 25.0. The van der Waals surface area contributed by atoms with E-state index in [2.05, 4.69) is 20.8 Å². The van der Waals surface area contributed by atoms with Crippen molar-refractivity contribution in [3.63, 3.8) is 0 Å². The van der Waals surface area contributed by atoms with E-state index in [1.807, 2.05) is 13.8 Å². The fourth-order valence-corrected chi connectivity index (χ4v) is 3.01. The van der Waals surface area contributed by atoms with Crippen molar-refractivity contribution in [3.8, 4) is 17.2 Å². The second-order valence-corrected chi connectivity index (χ2v) is 7.14. The molecule has 1 N–H and O–H groups in total. The Balaban J connectivity index is 1.74. The van der Waals surface area contributed by atoms with Crippen LogP contribution in [0.25, 0.3) is 0 Å². The summed E-state index contributed by atoms with van der Waals surface area (Å²) in [6.45, 7) is 4.12. The lowest BCUT2D eigenvalue weighted by molar-refractivity contribution is 0.0601. The van der Waals surface area contributed by atoms with Gasteiger partial charge in [0.25, 0.3) is 5.91 Å². The fraction of sp³-hybridized carbons (Fsp3) is 0.318. The number of amides is 1. The van der Waals surface area contributed by atoms with Gasteiger partial charge in [0.05, 0.1) is 38.6 Å². The van der Waals surface area contributed by atoms with Crippen LogP contribution in [-0.2, 0) is 11.3 Å². The summed E-state index contributed by atoms with van der Waals surface area (Å²) in [6, 6.07) is 9.59. The predicted octanol–water partition coefficient (Wildman–Crippen LogP) is 2.89. The molecule has 33 heavy (non-hydrogen) atoms. The first kappa shape index (κ1) is 23.5. The maximum Gasteiger partial charge on any atom is 0.340 e. The van der Waals surface area contributed by atoms with E-state index in [1.165, 1.54) is 33.5 Å². The number of benzene rings is 2. The molecule has 0 bridgehead atoms. The Morgan fingerprint density at radius 1 is 1.03 bits per heavy atom. The van der Waals surface area contributed by atoms with E-state index in [4.69, 9.17) is 18.9 Å².